The van der Waals surface area contributed by atoms with Crippen LogP contribution in [0.4, 0.5) is 10.1 Å². The molecule has 0 spiro atoms. The summed E-state index contributed by atoms with van der Waals surface area (Å²) in [5, 5.41) is 0. The Bertz CT molecular complexity index is 437. The molecule has 0 bridgehead atoms. The third-order valence-corrected chi connectivity index (χ3v) is 4.15. The van der Waals surface area contributed by atoms with Gasteiger partial charge in [0.1, 0.15) is 11.6 Å². The molecule has 2 heterocycles. The van der Waals surface area contributed by atoms with Crippen LogP contribution in [0.25, 0.3) is 0 Å². The molecular formula is C14H19FN2O. The SMILES string of the molecule is COc1ccc(F)cc1N1CC2CN(C)CC2C1. The van der Waals surface area contributed by atoms with Gasteiger partial charge in [0.25, 0.3) is 0 Å². The molecule has 2 unspecified atom stereocenters. The first-order chi connectivity index (χ1) is 8.67. The quantitative estimate of drug-likeness (QED) is 0.796. The Hall–Kier alpha value is -1.29. The van der Waals surface area contributed by atoms with Gasteiger partial charge < -0.3 is 14.5 Å². The van der Waals surface area contributed by atoms with Gasteiger partial charge in [-0.15, -0.1) is 0 Å². The average Bonchev–Trinajstić information content (AvgIpc) is 2.85. The maximum Gasteiger partial charge on any atom is 0.142 e. The van der Waals surface area contributed by atoms with Crippen LogP contribution in [0.5, 0.6) is 5.75 Å². The molecule has 1 aromatic carbocycles. The van der Waals surface area contributed by atoms with Crippen LogP contribution in [0.15, 0.2) is 18.2 Å². The van der Waals surface area contributed by atoms with Crippen molar-refractivity contribution < 1.29 is 9.13 Å². The maximum absolute atomic E-state index is 13.4. The van der Waals surface area contributed by atoms with Crippen LogP contribution >= 0.6 is 0 Å². The van der Waals surface area contributed by atoms with E-state index in [-0.39, 0.29) is 5.82 Å². The predicted octanol–water partition coefficient (Wildman–Crippen LogP) is 1.83. The van der Waals surface area contributed by atoms with Crippen molar-refractivity contribution in [1.82, 2.24) is 4.90 Å². The summed E-state index contributed by atoms with van der Waals surface area (Å²) < 4.78 is 18.7. The van der Waals surface area contributed by atoms with Gasteiger partial charge in [0.05, 0.1) is 12.8 Å². The van der Waals surface area contributed by atoms with Crippen molar-refractivity contribution in [2.24, 2.45) is 11.8 Å². The number of anilines is 1. The summed E-state index contributed by atoms with van der Waals surface area (Å²) in [6, 6.07) is 4.75. The molecule has 0 saturated carbocycles. The van der Waals surface area contributed by atoms with Crippen LogP contribution in [0, 0.1) is 17.7 Å². The number of likely N-dealkylation sites (tertiary alicyclic amines) is 1. The first kappa shape index (κ1) is 11.8. The molecule has 3 nitrogen and oxygen atoms in total. The number of hydrogen-bond donors (Lipinski definition) is 0. The Kier molecular flexibility index (Phi) is 2.90. The number of rotatable bonds is 2. The molecule has 18 heavy (non-hydrogen) atoms. The molecule has 0 radical (unpaired) electrons. The van der Waals surface area contributed by atoms with E-state index in [2.05, 4.69) is 16.8 Å². The molecule has 2 aliphatic rings. The summed E-state index contributed by atoms with van der Waals surface area (Å²) >= 11 is 0. The van der Waals surface area contributed by atoms with Crippen molar-refractivity contribution >= 4 is 5.69 Å². The Morgan fingerprint density at radius 3 is 2.44 bits per heavy atom. The van der Waals surface area contributed by atoms with Crippen LogP contribution in [-0.2, 0) is 0 Å². The van der Waals surface area contributed by atoms with Crippen molar-refractivity contribution in [2.75, 3.05) is 45.2 Å². The molecule has 2 atom stereocenters. The van der Waals surface area contributed by atoms with E-state index in [1.807, 2.05) is 0 Å². The zero-order chi connectivity index (χ0) is 12.7. The number of ether oxygens (including phenoxy) is 1. The predicted molar refractivity (Wildman–Crippen MR) is 69.6 cm³/mol. The minimum Gasteiger partial charge on any atom is -0.495 e. The fourth-order valence-corrected chi connectivity index (χ4v) is 3.33. The average molecular weight is 250 g/mol. The number of fused-ring (bicyclic) bond motifs is 1. The van der Waals surface area contributed by atoms with Gasteiger partial charge in [-0.2, -0.15) is 0 Å². The minimum absolute atomic E-state index is 0.194. The first-order valence-corrected chi connectivity index (χ1v) is 6.44. The molecule has 0 aromatic heterocycles. The first-order valence-electron chi connectivity index (χ1n) is 6.44. The van der Waals surface area contributed by atoms with Gasteiger partial charge in [0, 0.05) is 32.2 Å². The summed E-state index contributed by atoms with van der Waals surface area (Å²) in [5.74, 6) is 2.00. The third kappa shape index (κ3) is 1.94. The van der Waals surface area contributed by atoms with Gasteiger partial charge in [-0.3, -0.25) is 0 Å². The van der Waals surface area contributed by atoms with Crippen molar-refractivity contribution in [2.45, 2.75) is 0 Å². The van der Waals surface area contributed by atoms with Crippen LogP contribution in [0.1, 0.15) is 0 Å². The van der Waals surface area contributed by atoms with E-state index < -0.39 is 0 Å². The lowest BCUT2D eigenvalue weighted by molar-refractivity contribution is 0.385. The molecular weight excluding hydrogens is 231 g/mol. The molecule has 1 aromatic rings. The van der Waals surface area contributed by atoms with Gasteiger partial charge in [0.2, 0.25) is 0 Å². The number of methoxy groups -OCH3 is 1. The summed E-state index contributed by atoms with van der Waals surface area (Å²) in [6.07, 6.45) is 0. The standard InChI is InChI=1S/C14H19FN2O/c1-16-6-10-8-17(9-11(10)7-16)13-5-12(15)3-4-14(13)18-2/h3-5,10-11H,6-9H2,1-2H3. The van der Waals surface area contributed by atoms with Gasteiger partial charge in [-0.05, 0) is 31.0 Å². The monoisotopic (exact) mass is 250 g/mol. The largest absolute Gasteiger partial charge is 0.495 e. The molecule has 2 fully saturated rings. The normalized spacial score (nSPS) is 27.6. The second-order valence-corrected chi connectivity index (χ2v) is 5.46. The number of benzene rings is 1. The zero-order valence-corrected chi connectivity index (χ0v) is 10.9. The number of halogens is 1. The molecule has 2 saturated heterocycles. The summed E-state index contributed by atoms with van der Waals surface area (Å²) in [5.41, 5.74) is 0.898. The molecule has 0 amide bonds. The van der Waals surface area contributed by atoms with E-state index in [0.717, 1.165) is 37.6 Å². The second kappa shape index (κ2) is 4.43. The van der Waals surface area contributed by atoms with Crippen LogP contribution in [0.2, 0.25) is 0 Å². The second-order valence-electron chi connectivity index (χ2n) is 5.46. The summed E-state index contributed by atoms with van der Waals surface area (Å²) in [4.78, 5) is 4.65. The molecule has 2 aliphatic heterocycles. The minimum atomic E-state index is -0.194. The molecule has 4 heteroatoms. The Labute approximate surface area is 107 Å². The van der Waals surface area contributed by atoms with E-state index in [9.17, 15) is 4.39 Å². The molecule has 0 aliphatic carbocycles. The van der Waals surface area contributed by atoms with E-state index in [1.54, 1.807) is 19.2 Å². The van der Waals surface area contributed by atoms with Crippen molar-refractivity contribution in [3.8, 4) is 5.75 Å². The van der Waals surface area contributed by atoms with E-state index in [0.29, 0.717) is 11.8 Å². The Morgan fingerprint density at radius 2 is 1.83 bits per heavy atom. The van der Waals surface area contributed by atoms with Crippen molar-refractivity contribution in [1.29, 1.82) is 0 Å². The van der Waals surface area contributed by atoms with Gasteiger partial charge in [0.15, 0.2) is 0 Å². The lowest BCUT2D eigenvalue weighted by Crippen LogP contribution is -2.27. The van der Waals surface area contributed by atoms with Crippen molar-refractivity contribution in [3.05, 3.63) is 24.0 Å². The van der Waals surface area contributed by atoms with E-state index in [1.165, 1.54) is 6.07 Å². The summed E-state index contributed by atoms with van der Waals surface area (Å²) in [7, 11) is 3.81. The van der Waals surface area contributed by atoms with Crippen LogP contribution < -0.4 is 9.64 Å². The molecule has 98 valence electrons. The smallest absolute Gasteiger partial charge is 0.142 e. The number of nitrogens with zero attached hydrogens (tertiary/aromatic N) is 2. The van der Waals surface area contributed by atoms with Crippen molar-refractivity contribution in [3.63, 3.8) is 0 Å². The highest BCUT2D eigenvalue weighted by atomic mass is 19.1. The third-order valence-electron chi connectivity index (χ3n) is 4.15. The fraction of sp³-hybridized carbons (Fsp3) is 0.571. The summed E-state index contributed by atoms with van der Waals surface area (Å²) in [6.45, 7) is 4.32. The highest BCUT2D eigenvalue weighted by Crippen LogP contribution is 2.37. The Morgan fingerprint density at radius 1 is 1.17 bits per heavy atom. The highest BCUT2D eigenvalue weighted by Gasteiger charge is 2.39. The fourth-order valence-electron chi connectivity index (χ4n) is 3.33. The lowest BCUT2D eigenvalue weighted by atomic mass is 10.0. The van der Waals surface area contributed by atoms with E-state index >= 15 is 0 Å². The topological polar surface area (TPSA) is 15.7 Å². The van der Waals surface area contributed by atoms with E-state index in [4.69, 9.17) is 4.74 Å². The highest BCUT2D eigenvalue weighted by molar-refractivity contribution is 5.59. The van der Waals surface area contributed by atoms with Crippen LogP contribution in [0.3, 0.4) is 0 Å². The molecule has 0 N–H and O–H groups in total. The Balaban J connectivity index is 1.83. The van der Waals surface area contributed by atoms with Gasteiger partial charge in [-0.25, -0.2) is 4.39 Å². The lowest BCUT2D eigenvalue weighted by Gasteiger charge is -2.23. The zero-order valence-electron chi connectivity index (χ0n) is 10.9. The molecule has 3 rings (SSSR count). The van der Waals surface area contributed by atoms with Gasteiger partial charge in [-0.1, -0.05) is 0 Å². The van der Waals surface area contributed by atoms with Gasteiger partial charge >= 0.3 is 0 Å². The number of hydrogen-bond acceptors (Lipinski definition) is 3. The maximum atomic E-state index is 13.4. The van der Waals surface area contributed by atoms with Crippen LogP contribution in [-0.4, -0.2) is 45.2 Å².